The smallest absolute Gasteiger partial charge is 0.123 e. The molecule has 3 heteroatoms. The van der Waals surface area contributed by atoms with Crippen LogP contribution in [0, 0.1) is 23.7 Å². The molecule has 1 aliphatic carbocycles. The van der Waals surface area contributed by atoms with E-state index in [1.165, 1.54) is 0 Å². The van der Waals surface area contributed by atoms with Gasteiger partial charge in [-0.1, -0.05) is 40.8 Å². The van der Waals surface area contributed by atoms with Gasteiger partial charge in [-0.3, -0.25) is 0 Å². The van der Waals surface area contributed by atoms with Crippen LogP contribution < -0.4 is 10.3 Å². The molecule has 4 unspecified atom stereocenters. The third-order valence-electron chi connectivity index (χ3n) is 5.41. The van der Waals surface area contributed by atoms with E-state index in [1.807, 2.05) is 7.05 Å². The second-order valence-corrected chi connectivity index (χ2v) is 11.2. The Balaban J connectivity index is 2.69. The van der Waals surface area contributed by atoms with Gasteiger partial charge in [-0.05, 0) is 36.3 Å². The molecule has 0 radical (unpaired) electrons. The van der Waals surface area contributed by atoms with E-state index < -0.39 is 8.24 Å². The minimum absolute atomic E-state index is 0.878. The molecule has 4 atom stereocenters. The Bertz CT molecular complexity index is 228. The number of likely N-dealkylation sites (N-methyl/N-ethyl adjacent to an activating group) is 1. The lowest BCUT2D eigenvalue weighted by Gasteiger charge is -2.37. The van der Waals surface area contributed by atoms with Crippen LogP contribution in [-0.4, -0.2) is 28.4 Å². The molecule has 0 heterocycles. The number of hydrogen-bond donors (Lipinski definition) is 2. The third kappa shape index (κ3) is 3.12. The average Bonchev–Trinajstić information content (AvgIpc) is 2.44. The summed E-state index contributed by atoms with van der Waals surface area (Å²) >= 11 is 0. The molecule has 1 aliphatic rings. The molecular formula is C14H32N2Si. The van der Waals surface area contributed by atoms with Gasteiger partial charge >= 0.3 is 0 Å². The quantitative estimate of drug-likeness (QED) is 0.584. The van der Waals surface area contributed by atoms with Gasteiger partial charge in [-0.2, -0.15) is 0 Å². The second kappa shape index (κ2) is 5.85. The Labute approximate surface area is 109 Å². The lowest BCUT2D eigenvalue weighted by molar-refractivity contribution is 0.352. The predicted molar refractivity (Wildman–Crippen MR) is 79.8 cm³/mol. The number of rotatable bonds is 5. The highest BCUT2D eigenvalue weighted by atomic mass is 28.3. The van der Waals surface area contributed by atoms with Crippen molar-refractivity contribution in [3.05, 3.63) is 0 Å². The van der Waals surface area contributed by atoms with E-state index in [-0.39, 0.29) is 0 Å². The van der Waals surface area contributed by atoms with E-state index >= 15 is 0 Å². The van der Waals surface area contributed by atoms with E-state index in [1.54, 1.807) is 0 Å². The Hall–Kier alpha value is 0.137. The van der Waals surface area contributed by atoms with Gasteiger partial charge in [-0.15, -0.1) is 0 Å². The normalized spacial score (nSPS) is 38.6. The first-order chi connectivity index (χ1) is 7.83. The average molecular weight is 257 g/mol. The van der Waals surface area contributed by atoms with Crippen molar-refractivity contribution in [1.82, 2.24) is 10.3 Å². The van der Waals surface area contributed by atoms with Crippen LogP contribution in [0.3, 0.4) is 0 Å². The molecule has 1 saturated carbocycles. The van der Waals surface area contributed by atoms with Crippen molar-refractivity contribution in [2.45, 2.75) is 46.3 Å². The topological polar surface area (TPSA) is 24.1 Å². The first kappa shape index (κ1) is 15.2. The molecule has 0 saturated heterocycles. The zero-order valence-electron chi connectivity index (χ0n) is 12.8. The highest BCUT2D eigenvalue weighted by Gasteiger charge is 2.49. The zero-order valence-corrected chi connectivity index (χ0v) is 13.8. The van der Waals surface area contributed by atoms with Crippen molar-refractivity contribution in [2.75, 3.05) is 20.1 Å². The van der Waals surface area contributed by atoms with Crippen LogP contribution in [0.5, 0.6) is 0 Å². The maximum Gasteiger partial charge on any atom is 0.123 e. The van der Waals surface area contributed by atoms with Crippen molar-refractivity contribution < 1.29 is 0 Å². The van der Waals surface area contributed by atoms with Crippen LogP contribution >= 0.6 is 0 Å². The number of hydrogen-bond acceptors (Lipinski definition) is 2. The molecule has 0 aromatic rings. The van der Waals surface area contributed by atoms with Crippen molar-refractivity contribution >= 4 is 8.24 Å². The molecule has 17 heavy (non-hydrogen) atoms. The monoisotopic (exact) mass is 256 g/mol. The van der Waals surface area contributed by atoms with Crippen molar-refractivity contribution in [3.8, 4) is 0 Å². The van der Waals surface area contributed by atoms with Gasteiger partial charge in [0, 0.05) is 13.1 Å². The summed E-state index contributed by atoms with van der Waals surface area (Å²) in [6, 6.07) is 0. The molecule has 2 N–H and O–H groups in total. The molecule has 1 rings (SSSR count). The summed E-state index contributed by atoms with van der Waals surface area (Å²) < 4.78 is 0. The molecule has 0 amide bonds. The first-order valence-electron chi connectivity index (χ1n) is 7.22. The minimum Gasteiger partial charge on any atom is -0.336 e. The second-order valence-electron chi connectivity index (χ2n) is 6.71. The first-order valence-corrected chi connectivity index (χ1v) is 10.3. The Kier molecular flexibility index (Phi) is 5.23. The van der Waals surface area contributed by atoms with E-state index in [4.69, 9.17) is 0 Å². The molecule has 102 valence electrons. The van der Waals surface area contributed by atoms with Gasteiger partial charge < -0.3 is 10.3 Å². The van der Waals surface area contributed by atoms with Crippen LogP contribution in [0.1, 0.15) is 27.7 Å². The highest BCUT2D eigenvalue weighted by molar-refractivity contribution is 6.76. The Morgan fingerprint density at radius 3 is 1.71 bits per heavy atom. The summed E-state index contributed by atoms with van der Waals surface area (Å²) in [5.41, 5.74) is 0.921. The van der Waals surface area contributed by atoms with Crippen LogP contribution in [0.4, 0.5) is 0 Å². The predicted octanol–water partition coefficient (Wildman–Crippen LogP) is 2.93. The van der Waals surface area contributed by atoms with Gasteiger partial charge in [0.15, 0.2) is 0 Å². The summed E-state index contributed by atoms with van der Waals surface area (Å²) in [4.78, 5) is 3.88. The fourth-order valence-corrected chi connectivity index (χ4v) is 8.27. The summed E-state index contributed by atoms with van der Waals surface area (Å²) in [6.07, 6.45) is 0. The molecule has 0 aromatic carbocycles. The maximum atomic E-state index is 3.88. The molecule has 0 aromatic heterocycles. The van der Waals surface area contributed by atoms with Gasteiger partial charge in [0.1, 0.15) is 8.24 Å². The standard InChI is InChI=1S/C14H32N2Si/c1-10-11(2)13(4)14(12(10)3)17(6,7)16-9-8-15-5/h10-16H,8-9H2,1-7H3. The van der Waals surface area contributed by atoms with E-state index in [0.29, 0.717) is 0 Å². The molecule has 1 fully saturated rings. The lowest BCUT2D eigenvalue weighted by Crippen LogP contribution is -2.53. The van der Waals surface area contributed by atoms with E-state index in [9.17, 15) is 0 Å². The summed E-state index contributed by atoms with van der Waals surface area (Å²) in [7, 11) is 0.722. The van der Waals surface area contributed by atoms with E-state index in [0.717, 1.165) is 42.3 Å². The minimum atomic E-state index is -1.31. The fourth-order valence-electron chi connectivity index (χ4n) is 4.03. The molecule has 0 spiro atoms. The lowest BCUT2D eigenvalue weighted by atomic mass is 9.92. The summed E-state index contributed by atoms with van der Waals surface area (Å²) in [6.45, 7) is 17.1. The zero-order chi connectivity index (χ0) is 13.2. The van der Waals surface area contributed by atoms with Gasteiger partial charge in [0.25, 0.3) is 0 Å². The summed E-state index contributed by atoms with van der Waals surface area (Å²) in [5.74, 6) is 3.52. The summed E-state index contributed by atoms with van der Waals surface area (Å²) in [5, 5.41) is 3.23. The Morgan fingerprint density at radius 1 is 0.824 bits per heavy atom. The maximum absolute atomic E-state index is 3.88. The molecule has 0 bridgehead atoms. The van der Waals surface area contributed by atoms with Crippen molar-refractivity contribution in [1.29, 1.82) is 0 Å². The van der Waals surface area contributed by atoms with Crippen LogP contribution in [0.25, 0.3) is 0 Å². The largest absolute Gasteiger partial charge is 0.336 e. The molecular weight excluding hydrogens is 224 g/mol. The van der Waals surface area contributed by atoms with Gasteiger partial charge in [-0.25, -0.2) is 0 Å². The van der Waals surface area contributed by atoms with Gasteiger partial charge in [0.05, 0.1) is 0 Å². The third-order valence-corrected chi connectivity index (χ3v) is 9.29. The van der Waals surface area contributed by atoms with Crippen LogP contribution in [0.2, 0.25) is 18.6 Å². The van der Waals surface area contributed by atoms with Crippen LogP contribution in [0.15, 0.2) is 0 Å². The molecule has 2 nitrogen and oxygen atoms in total. The van der Waals surface area contributed by atoms with Gasteiger partial charge in [0.2, 0.25) is 0 Å². The van der Waals surface area contributed by atoms with E-state index in [2.05, 4.69) is 51.1 Å². The number of nitrogens with one attached hydrogen (secondary N) is 2. The van der Waals surface area contributed by atoms with Crippen molar-refractivity contribution in [2.24, 2.45) is 23.7 Å². The SMILES string of the molecule is CNCCN[Si](C)(C)C1C(C)C(C)C(C)C1C. The van der Waals surface area contributed by atoms with Crippen molar-refractivity contribution in [3.63, 3.8) is 0 Å². The highest BCUT2D eigenvalue weighted by Crippen LogP contribution is 2.52. The molecule has 0 aliphatic heterocycles. The Morgan fingerprint density at radius 2 is 1.29 bits per heavy atom. The van der Waals surface area contributed by atoms with Crippen LogP contribution in [-0.2, 0) is 0 Å². The fraction of sp³-hybridized carbons (Fsp3) is 1.00.